The highest BCUT2D eigenvalue weighted by atomic mass is 16.3. The Hall–Kier alpha value is -3.89. The number of rotatable bonds is 5. The van der Waals surface area contributed by atoms with E-state index in [1.807, 2.05) is 4.90 Å². The summed E-state index contributed by atoms with van der Waals surface area (Å²) < 4.78 is 0. The second-order valence-electron chi connectivity index (χ2n) is 10.9. The molecule has 208 valence electrons. The van der Waals surface area contributed by atoms with Crippen molar-refractivity contribution in [2.75, 3.05) is 38.0 Å². The number of nitrogens with zero attached hydrogens (tertiary/aromatic N) is 6. The van der Waals surface area contributed by atoms with Crippen LogP contribution < -0.4 is 5.32 Å². The number of anilines is 1. The molecule has 6 rings (SSSR count). The molecule has 10 heteroatoms. The number of likely N-dealkylation sites (tertiary alicyclic amines) is 2. The number of amides is 2. The Morgan fingerprint density at radius 2 is 1.70 bits per heavy atom. The van der Waals surface area contributed by atoms with Crippen LogP contribution in [0.4, 0.5) is 5.82 Å². The fraction of sp³-hybridized carbons (Fsp3) is 0.433. The Kier molecular flexibility index (Phi) is 7.70. The van der Waals surface area contributed by atoms with Crippen LogP contribution in [0.3, 0.4) is 0 Å². The van der Waals surface area contributed by atoms with E-state index in [9.17, 15) is 14.7 Å². The predicted molar refractivity (Wildman–Crippen MR) is 150 cm³/mol. The zero-order valence-corrected chi connectivity index (χ0v) is 22.5. The lowest BCUT2D eigenvalue weighted by Gasteiger charge is -2.43. The number of hydrogen-bond donors (Lipinski definition) is 2. The summed E-state index contributed by atoms with van der Waals surface area (Å²) in [6.45, 7) is 3.90. The number of benzene rings is 1. The molecule has 2 fully saturated rings. The molecule has 0 bridgehead atoms. The maximum atomic E-state index is 13.3. The number of aliphatic hydroxyl groups is 1. The van der Waals surface area contributed by atoms with E-state index in [2.05, 4.69) is 49.4 Å². The predicted octanol–water partition coefficient (Wildman–Crippen LogP) is 2.22. The molecule has 2 amide bonds. The lowest BCUT2D eigenvalue weighted by molar-refractivity contribution is -0.0139. The lowest BCUT2D eigenvalue weighted by atomic mass is 9.94. The quantitative estimate of drug-likeness (QED) is 0.506. The van der Waals surface area contributed by atoms with E-state index in [4.69, 9.17) is 0 Å². The van der Waals surface area contributed by atoms with Crippen LogP contribution in [0.15, 0.2) is 61.2 Å². The third-order valence-electron chi connectivity index (χ3n) is 8.39. The second kappa shape index (κ2) is 11.7. The largest absolute Gasteiger partial charge is 0.390 e. The van der Waals surface area contributed by atoms with Crippen LogP contribution in [-0.4, -0.2) is 97.5 Å². The third kappa shape index (κ3) is 5.68. The molecule has 2 N–H and O–H groups in total. The minimum absolute atomic E-state index is 0.00229. The molecule has 0 spiro atoms. The molecule has 3 aromatic rings. The summed E-state index contributed by atoms with van der Waals surface area (Å²) in [4.78, 5) is 44.5. The van der Waals surface area contributed by atoms with Crippen LogP contribution in [0.5, 0.6) is 0 Å². The molecule has 0 aliphatic carbocycles. The Morgan fingerprint density at radius 3 is 2.48 bits per heavy atom. The zero-order valence-electron chi connectivity index (χ0n) is 22.5. The van der Waals surface area contributed by atoms with Crippen molar-refractivity contribution in [1.82, 2.24) is 29.7 Å². The van der Waals surface area contributed by atoms with Crippen LogP contribution >= 0.6 is 0 Å². The van der Waals surface area contributed by atoms with Gasteiger partial charge in [-0.1, -0.05) is 24.3 Å². The first-order chi connectivity index (χ1) is 19.5. The average molecular weight is 542 g/mol. The number of piperidine rings is 2. The van der Waals surface area contributed by atoms with Gasteiger partial charge in [-0.05, 0) is 48.9 Å². The van der Waals surface area contributed by atoms with Gasteiger partial charge >= 0.3 is 0 Å². The molecule has 2 atom stereocenters. The number of aliphatic hydroxyl groups excluding tert-OH is 1. The molecule has 40 heavy (non-hydrogen) atoms. The number of aromatic nitrogens is 3. The molecule has 2 saturated heterocycles. The number of hydrogen-bond acceptors (Lipinski definition) is 8. The van der Waals surface area contributed by atoms with Crippen LogP contribution in [-0.2, 0) is 13.0 Å². The molecule has 0 unspecified atom stereocenters. The Morgan fingerprint density at radius 1 is 0.900 bits per heavy atom. The molecule has 0 radical (unpaired) electrons. The molecule has 10 nitrogen and oxygen atoms in total. The number of fused-ring (bicyclic) bond motifs is 1. The Balaban J connectivity index is 1.02. The maximum absolute atomic E-state index is 13.3. The summed E-state index contributed by atoms with van der Waals surface area (Å²) in [6, 6.07) is 13.9. The van der Waals surface area contributed by atoms with Gasteiger partial charge in [0.1, 0.15) is 17.8 Å². The number of β-amino-alcohol motifs (C(OH)–C–C–N with tert-alkyl or cyclic N) is 1. The van der Waals surface area contributed by atoms with Gasteiger partial charge in [0.25, 0.3) is 11.8 Å². The highest BCUT2D eigenvalue weighted by Crippen LogP contribution is 2.26. The highest BCUT2D eigenvalue weighted by molar-refractivity contribution is 5.94. The molecule has 1 aromatic carbocycles. The lowest BCUT2D eigenvalue weighted by Crippen LogP contribution is -2.56. The van der Waals surface area contributed by atoms with Crippen molar-refractivity contribution in [2.24, 2.45) is 0 Å². The number of nitrogens with one attached hydrogen (secondary N) is 1. The average Bonchev–Trinajstić information content (AvgIpc) is 3.01. The standard InChI is InChI=1S/C30H35N7O3/c38-27-19-37(15-10-26(27)36-12-7-21-4-1-2-5-23(21)18-36)30(40)25-16-28(33-20-32-25)34-24-8-13-35(14-9-24)29(39)22-6-3-11-31-17-22/h1-6,11,16-17,20,24,26-27,38H,7-10,12-15,18-19H2,(H,32,33,34)/t26-,27-/m1/s1. The minimum atomic E-state index is -0.609. The minimum Gasteiger partial charge on any atom is -0.390 e. The number of carbonyl (C=O) groups is 2. The van der Waals surface area contributed by atoms with Crippen molar-refractivity contribution in [1.29, 1.82) is 0 Å². The van der Waals surface area contributed by atoms with E-state index in [1.54, 1.807) is 35.5 Å². The summed E-state index contributed by atoms with van der Waals surface area (Å²) in [6.07, 6.45) is 7.32. The van der Waals surface area contributed by atoms with Gasteiger partial charge in [-0.15, -0.1) is 0 Å². The first-order valence-electron chi connectivity index (χ1n) is 14.1. The number of pyridine rings is 1. The van der Waals surface area contributed by atoms with Crippen molar-refractivity contribution < 1.29 is 14.7 Å². The second-order valence-corrected chi connectivity index (χ2v) is 10.9. The van der Waals surface area contributed by atoms with E-state index < -0.39 is 6.10 Å². The summed E-state index contributed by atoms with van der Waals surface area (Å²) in [5, 5.41) is 14.4. The summed E-state index contributed by atoms with van der Waals surface area (Å²) in [5.74, 6) is 0.402. The van der Waals surface area contributed by atoms with Gasteiger partial charge in [-0.2, -0.15) is 0 Å². The van der Waals surface area contributed by atoms with Crippen molar-refractivity contribution in [3.63, 3.8) is 0 Å². The van der Waals surface area contributed by atoms with Crippen LogP contribution in [0.25, 0.3) is 0 Å². The van der Waals surface area contributed by atoms with Crippen molar-refractivity contribution in [3.05, 3.63) is 83.6 Å². The van der Waals surface area contributed by atoms with Crippen LogP contribution in [0.1, 0.15) is 51.2 Å². The summed E-state index contributed by atoms with van der Waals surface area (Å²) >= 11 is 0. The molecule has 5 heterocycles. The molecular formula is C30H35N7O3. The van der Waals surface area contributed by atoms with Gasteiger partial charge in [-0.3, -0.25) is 19.5 Å². The van der Waals surface area contributed by atoms with Crippen molar-refractivity contribution >= 4 is 17.6 Å². The maximum Gasteiger partial charge on any atom is 0.272 e. The normalized spacial score (nSPS) is 22.0. The van der Waals surface area contributed by atoms with Gasteiger partial charge in [0, 0.05) is 69.8 Å². The molecule has 3 aliphatic rings. The van der Waals surface area contributed by atoms with Gasteiger partial charge in [0.2, 0.25) is 0 Å². The smallest absolute Gasteiger partial charge is 0.272 e. The van der Waals surface area contributed by atoms with E-state index in [-0.39, 0.29) is 30.4 Å². The Bertz CT molecular complexity index is 1350. The van der Waals surface area contributed by atoms with Crippen molar-refractivity contribution in [2.45, 2.75) is 50.4 Å². The van der Waals surface area contributed by atoms with Crippen molar-refractivity contribution in [3.8, 4) is 0 Å². The van der Waals surface area contributed by atoms with E-state index in [0.29, 0.717) is 36.7 Å². The van der Waals surface area contributed by atoms with Crippen LogP contribution in [0, 0.1) is 0 Å². The van der Waals surface area contributed by atoms with E-state index in [1.165, 1.54) is 17.5 Å². The van der Waals surface area contributed by atoms with E-state index in [0.717, 1.165) is 38.8 Å². The molecular weight excluding hydrogens is 506 g/mol. The van der Waals surface area contributed by atoms with Gasteiger partial charge in [0.05, 0.1) is 11.7 Å². The first-order valence-corrected chi connectivity index (χ1v) is 14.1. The summed E-state index contributed by atoms with van der Waals surface area (Å²) in [5.41, 5.74) is 3.63. The first kappa shape index (κ1) is 26.3. The monoisotopic (exact) mass is 541 g/mol. The van der Waals surface area contributed by atoms with E-state index >= 15 is 0 Å². The molecule has 3 aliphatic heterocycles. The SMILES string of the molecule is O=C(c1cccnc1)N1CCC(Nc2cc(C(=O)N3CC[C@@H](N4CCc5ccccc5C4)[C@H](O)C3)ncn2)CC1. The van der Waals surface area contributed by atoms with Crippen LogP contribution in [0.2, 0.25) is 0 Å². The number of carbonyl (C=O) groups excluding carboxylic acids is 2. The fourth-order valence-corrected chi connectivity index (χ4v) is 6.15. The van der Waals surface area contributed by atoms with Gasteiger partial charge in [-0.25, -0.2) is 9.97 Å². The van der Waals surface area contributed by atoms with Gasteiger partial charge < -0.3 is 20.2 Å². The van der Waals surface area contributed by atoms with Gasteiger partial charge in [0.15, 0.2) is 0 Å². The molecule has 2 aromatic heterocycles. The topological polar surface area (TPSA) is 115 Å². The zero-order chi connectivity index (χ0) is 27.5. The highest BCUT2D eigenvalue weighted by Gasteiger charge is 2.36. The Labute approximate surface area is 234 Å². The molecule has 0 saturated carbocycles. The summed E-state index contributed by atoms with van der Waals surface area (Å²) in [7, 11) is 0. The fourth-order valence-electron chi connectivity index (χ4n) is 6.15. The third-order valence-corrected chi connectivity index (χ3v) is 8.39.